The van der Waals surface area contributed by atoms with Gasteiger partial charge in [-0.2, -0.15) is 0 Å². The summed E-state index contributed by atoms with van der Waals surface area (Å²) in [4.78, 5) is 22.2. The minimum atomic E-state index is -0.684. The van der Waals surface area contributed by atoms with Crippen molar-refractivity contribution in [1.82, 2.24) is 5.32 Å². The van der Waals surface area contributed by atoms with Crippen LogP contribution in [0.3, 0.4) is 0 Å². The van der Waals surface area contributed by atoms with Crippen LogP contribution in [0, 0.1) is 10.1 Å². The monoisotopic (exact) mass is 286 g/mol. The molecule has 0 aromatic heterocycles. The molecule has 1 amide bonds. The van der Waals surface area contributed by atoms with Crippen molar-refractivity contribution < 1.29 is 14.8 Å². The highest BCUT2D eigenvalue weighted by atomic mass is 35.5. The molecular weight excluding hydrogens is 272 g/mol. The Morgan fingerprint density at radius 2 is 2.16 bits per heavy atom. The first-order valence-electron chi connectivity index (χ1n) is 5.74. The molecule has 0 radical (unpaired) electrons. The Kier molecular flexibility index (Phi) is 5.26. The molecule has 0 spiro atoms. The third kappa shape index (κ3) is 4.18. The van der Waals surface area contributed by atoms with E-state index in [0.29, 0.717) is 6.42 Å². The number of carbonyl (C=O) groups is 1. The van der Waals surface area contributed by atoms with Gasteiger partial charge in [0.15, 0.2) is 0 Å². The fourth-order valence-electron chi connectivity index (χ4n) is 1.76. The van der Waals surface area contributed by atoms with Crippen LogP contribution in [0.15, 0.2) is 18.2 Å². The molecule has 1 aromatic rings. The fourth-order valence-corrected chi connectivity index (χ4v) is 2.00. The number of rotatable bonds is 5. The molecular formula is C12H15ClN2O4. The summed E-state index contributed by atoms with van der Waals surface area (Å²) in [6.07, 6.45) is -0.204. The Morgan fingerprint density at radius 3 is 2.68 bits per heavy atom. The second-order valence-electron chi connectivity index (χ2n) is 4.35. The number of halogens is 1. The Balaban J connectivity index is 2.94. The van der Waals surface area contributed by atoms with Crippen molar-refractivity contribution in [2.24, 2.45) is 0 Å². The van der Waals surface area contributed by atoms with Crippen molar-refractivity contribution in [3.63, 3.8) is 0 Å². The smallest absolute Gasteiger partial charge is 0.300 e. The highest BCUT2D eigenvalue weighted by molar-refractivity contribution is 6.33. The second-order valence-corrected chi connectivity index (χ2v) is 4.76. The maximum Gasteiger partial charge on any atom is 0.300 e. The molecule has 0 aliphatic rings. The van der Waals surface area contributed by atoms with E-state index < -0.39 is 22.6 Å². The van der Waals surface area contributed by atoms with Gasteiger partial charge in [0.1, 0.15) is 10.6 Å². The topological polar surface area (TPSA) is 92.5 Å². The number of aliphatic hydroxyl groups excluding tert-OH is 1. The minimum absolute atomic E-state index is 0.0826. The standard InChI is InChI=1S/C12H15ClN2O4/c1-7(6-8(2)16)14-12(17)9-4-3-5-10(13)11(9)15(18)19/h3-5,7-8,16H,6H2,1-2H3,(H,14,17). The van der Waals surface area contributed by atoms with E-state index in [1.54, 1.807) is 13.8 Å². The molecule has 7 heteroatoms. The number of nitro groups is 1. The Morgan fingerprint density at radius 1 is 1.53 bits per heavy atom. The van der Waals surface area contributed by atoms with Crippen LogP contribution >= 0.6 is 11.6 Å². The molecule has 19 heavy (non-hydrogen) atoms. The van der Waals surface area contributed by atoms with Crippen molar-refractivity contribution in [3.05, 3.63) is 38.9 Å². The Labute approximate surface area is 115 Å². The predicted octanol–water partition coefficient (Wildman–Crippen LogP) is 2.14. The highest BCUT2D eigenvalue weighted by Gasteiger charge is 2.24. The maximum absolute atomic E-state index is 12.0. The number of hydrogen-bond donors (Lipinski definition) is 2. The first-order chi connectivity index (χ1) is 8.82. The van der Waals surface area contributed by atoms with E-state index in [4.69, 9.17) is 11.6 Å². The number of carbonyl (C=O) groups excluding carboxylic acids is 1. The molecule has 0 heterocycles. The molecule has 0 bridgehead atoms. The lowest BCUT2D eigenvalue weighted by Crippen LogP contribution is -2.35. The van der Waals surface area contributed by atoms with E-state index in [1.807, 2.05) is 0 Å². The molecule has 0 aliphatic carbocycles. The molecule has 0 saturated carbocycles. The molecule has 6 nitrogen and oxygen atoms in total. The number of nitro benzene ring substituents is 1. The van der Waals surface area contributed by atoms with E-state index in [0.717, 1.165) is 0 Å². The summed E-state index contributed by atoms with van der Waals surface area (Å²) < 4.78 is 0. The van der Waals surface area contributed by atoms with Crippen molar-refractivity contribution in [1.29, 1.82) is 0 Å². The average Bonchev–Trinajstić information content (AvgIpc) is 2.26. The third-order valence-corrected chi connectivity index (χ3v) is 2.79. The van der Waals surface area contributed by atoms with Gasteiger partial charge in [0.2, 0.25) is 0 Å². The summed E-state index contributed by atoms with van der Waals surface area (Å²) in [6.45, 7) is 3.31. The van der Waals surface area contributed by atoms with Crippen LogP contribution < -0.4 is 5.32 Å². The number of aliphatic hydroxyl groups is 1. The van der Waals surface area contributed by atoms with Crippen LogP contribution in [0.25, 0.3) is 0 Å². The van der Waals surface area contributed by atoms with Gasteiger partial charge in [-0.25, -0.2) is 0 Å². The molecule has 2 unspecified atom stereocenters. The van der Waals surface area contributed by atoms with E-state index in [2.05, 4.69) is 5.32 Å². The Bertz CT molecular complexity index is 491. The van der Waals surface area contributed by atoms with Crippen LogP contribution in [0.5, 0.6) is 0 Å². The molecule has 0 fully saturated rings. The van der Waals surface area contributed by atoms with E-state index >= 15 is 0 Å². The van der Waals surface area contributed by atoms with Crippen LogP contribution in [-0.4, -0.2) is 28.1 Å². The number of amides is 1. The van der Waals surface area contributed by atoms with Gasteiger partial charge in [-0.3, -0.25) is 14.9 Å². The highest BCUT2D eigenvalue weighted by Crippen LogP contribution is 2.28. The van der Waals surface area contributed by atoms with Gasteiger partial charge in [-0.15, -0.1) is 0 Å². The van der Waals surface area contributed by atoms with Gasteiger partial charge < -0.3 is 10.4 Å². The fraction of sp³-hybridized carbons (Fsp3) is 0.417. The van der Waals surface area contributed by atoms with Gasteiger partial charge in [-0.1, -0.05) is 17.7 Å². The summed E-state index contributed by atoms with van der Waals surface area (Å²) in [5.41, 5.74) is -0.499. The van der Waals surface area contributed by atoms with Gasteiger partial charge in [-0.05, 0) is 32.4 Å². The van der Waals surface area contributed by atoms with Crippen LogP contribution in [0.2, 0.25) is 5.02 Å². The van der Waals surface area contributed by atoms with E-state index in [9.17, 15) is 20.0 Å². The van der Waals surface area contributed by atoms with Crippen molar-refractivity contribution in [2.45, 2.75) is 32.4 Å². The first-order valence-corrected chi connectivity index (χ1v) is 6.12. The van der Waals surface area contributed by atoms with Gasteiger partial charge in [0.25, 0.3) is 5.91 Å². The second kappa shape index (κ2) is 6.49. The zero-order valence-electron chi connectivity index (χ0n) is 10.6. The lowest BCUT2D eigenvalue weighted by Gasteiger charge is -2.15. The predicted molar refractivity (Wildman–Crippen MR) is 71.3 cm³/mol. The van der Waals surface area contributed by atoms with Gasteiger partial charge in [0.05, 0.1) is 11.0 Å². The van der Waals surface area contributed by atoms with Crippen molar-refractivity contribution >= 4 is 23.2 Å². The molecule has 1 aromatic carbocycles. The van der Waals surface area contributed by atoms with Crippen LogP contribution in [0.4, 0.5) is 5.69 Å². The molecule has 1 rings (SSSR count). The largest absolute Gasteiger partial charge is 0.393 e. The first kappa shape index (κ1) is 15.4. The SMILES string of the molecule is CC(O)CC(C)NC(=O)c1cccc(Cl)c1[N+](=O)[O-]. The molecule has 104 valence electrons. The van der Waals surface area contributed by atoms with E-state index in [1.165, 1.54) is 18.2 Å². The maximum atomic E-state index is 12.0. The molecule has 0 saturated heterocycles. The zero-order chi connectivity index (χ0) is 14.6. The molecule has 2 atom stereocenters. The summed E-state index contributed by atoms with van der Waals surface area (Å²) in [6, 6.07) is 3.87. The molecule has 2 N–H and O–H groups in total. The summed E-state index contributed by atoms with van der Waals surface area (Å²) >= 11 is 5.73. The van der Waals surface area contributed by atoms with Gasteiger partial charge >= 0.3 is 5.69 Å². The normalized spacial score (nSPS) is 13.7. The quantitative estimate of drug-likeness (QED) is 0.640. The summed E-state index contributed by atoms with van der Waals surface area (Å²) in [5.74, 6) is -0.581. The van der Waals surface area contributed by atoms with E-state index in [-0.39, 0.29) is 16.6 Å². The Hall–Kier alpha value is -1.66. The average molecular weight is 287 g/mol. The summed E-state index contributed by atoms with van der Waals surface area (Å²) in [5, 5.41) is 22.6. The van der Waals surface area contributed by atoms with Crippen molar-refractivity contribution in [2.75, 3.05) is 0 Å². The van der Waals surface area contributed by atoms with Gasteiger partial charge in [0, 0.05) is 6.04 Å². The number of para-hydroxylation sites is 1. The summed E-state index contributed by atoms with van der Waals surface area (Å²) in [7, 11) is 0. The third-order valence-electron chi connectivity index (χ3n) is 2.49. The lowest BCUT2D eigenvalue weighted by atomic mass is 10.1. The number of nitrogens with one attached hydrogen (secondary N) is 1. The number of nitrogens with zero attached hydrogens (tertiary/aromatic N) is 1. The number of benzene rings is 1. The number of hydrogen-bond acceptors (Lipinski definition) is 4. The lowest BCUT2D eigenvalue weighted by molar-refractivity contribution is -0.385. The zero-order valence-corrected chi connectivity index (χ0v) is 11.3. The minimum Gasteiger partial charge on any atom is -0.393 e. The van der Waals surface area contributed by atoms with Crippen molar-refractivity contribution in [3.8, 4) is 0 Å². The molecule has 0 aliphatic heterocycles. The van der Waals surface area contributed by atoms with Crippen LogP contribution in [-0.2, 0) is 0 Å². The van der Waals surface area contributed by atoms with Crippen LogP contribution in [0.1, 0.15) is 30.6 Å².